The summed E-state index contributed by atoms with van der Waals surface area (Å²) in [5, 5.41) is 8.55. The van der Waals surface area contributed by atoms with Crippen LogP contribution in [0.3, 0.4) is 0 Å². The van der Waals surface area contributed by atoms with E-state index in [-0.39, 0.29) is 6.42 Å². The zero-order valence-electron chi connectivity index (χ0n) is 11.1. The first-order valence-corrected chi connectivity index (χ1v) is 8.26. The lowest BCUT2D eigenvalue weighted by molar-refractivity contribution is -0.137. The van der Waals surface area contributed by atoms with Crippen molar-refractivity contribution in [2.24, 2.45) is 11.8 Å². The SMILES string of the molecule is O=CC[C@H]1[C@@H](CSCCCCC(=O)O)[C@H]2CC[C@@H]1O2. The van der Waals surface area contributed by atoms with E-state index in [0.29, 0.717) is 30.5 Å². The first-order chi connectivity index (χ1) is 9.22. The molecular weight excluding hydrogens is 264 g/mol. The molecule has 108 valence electrons. The highest BCUT2D eigenvalue weighted by atomic mass is 32.2. The number of aldehydes is 1. The van der Waals surface area contributed by atoms with E-state index in [1.54, 1.807) is 0 Å². The van der Waals surface area contributed by atoms with Crippen LogP contribution < -0.4 is 0 Å². The molecule has 0 aliphatic carbocycles. The summed E-state index contributed by atoms with van der Waals surface area (Å²) in [5.74, 6) is 2.29. The van der Waals surface area contributed by atoms with Gasteiger partial charge in [0.05, 0.1) is 12.2 Å². The molecule has 0 saturated carbocycles. The molecule has 2 bridgehead atoms. The van der Waals surface area contributed by atoms with Crippen molar-refractivity contribution in [2.45, 2.75) is 50.7 Å². The summed E-state index contributed by atoms with van der Waals surface area (Å²) >= 11 is 1.88. The smallest absolute Gasteiger partial charge is 0.303 e. The van der Waals surface area contributed by atoms with Crippen LogP contribution in [0.1, 0.15) is 38.5 Å². The van der Waals surface area contributed by atoms with Gasteiger partial charge < -0.3 is 14.6 Å². The van der Waals surface area contributed by atoms with Crippen LogP contribution in [0.2, 0.25) is 0 Å². The number of ether oxygens (including phenoxy) is 1. The number of aliphatic carboxylic acids is 1. The Bertz CT molecular complexity index is 321. The number of unbranched alkanes of at least 4 members (excludes halogenated alkanes) is 1. The predicted molar refractivity (Wildman–Crippen MR) is 74.4 cm³/mol. The standard InChI is InChI=1S/C14H22O4S/c15-7-6-10-11(13-5-4-12(10)18-13)9-19-8-2-1-3-14(16)17/h7,10-13H,1-6,8-9H2,(H,16,17)/t10-,11+,12-,13+/m0/s1. The molecule has 4 atom stereocenters. The summed E-state index contributed by atoms with van der Waals surface area (Å²) in [6.45, 7) is 0. The molecule has 0 aromatic carbocycles. The molecule has 0 aromatic heterocycles. The summed E-state index contributed by atoms with van der Waals surface area (Å²) < 4.78 is 5.91. The van der Waals surface area contributed by atoms with Crippen LogP contribution in [0, 0.1) is 11.8 Å². The van der Waals surface area contributed by atoms with Gasteiger partial charge in [0.2, 0.25) is 0 Å². The quantitative estimate of drug-likeness (QED) is 0.521. The Morgan fingerprint density at radius 1 is 1.26 bits per heavy atom. The highest BCUT2D eigenvalue weighted by Gasteiger charge is 2.47. The van der Waals surface area contributed by atoms with Crippen molar-refractivity contribution < 1.29 is 19.4 Å². The molecule has 0 radical (unpaired) electrons. The van der Waals surface area contributed by atoms with E-state index in [4.69, 9.17) is 9.84 Å². The second kappa shape index (κ2) is 7.29. The van der Waals surface area contributed by atoms with E-state index < -0.39 is 5.97 Å². The van der Waals surface area contributed by atoms with E-state index in [1.165, 1.54) is 0 Å². The maximum absolute atomic E-state index is 10.7. The number of carbonyl (C=O) groups excluding carboxylic acids is 1. The van der Waals surface area contributed by atoms with Crippen LogP contribution in [0.15, 0.2) is 0 Å². The number of fused-ring (bicyclic) bond motifs is 2. The van der Waals surface area contributed by atoms with E-state index in [1.807, 2.05) is 11.8 Å². The van der Waals surface area contributed by atoms with Gasteiger partial charge in [0.15, 0.2) is 0 Å². The molecular formula is C14H22O4S. The molecule has 0 unspecified atom stereocenters. The second-order valence-electron chi connectivity index (χ2n) is 5.45. The summed E-state index contributed by atoms with van der Waals surface area (Å²) in [6, 6.07) is 0. The average molecular weight is 286 g/mol. The largest absolute Gasteiger partial charge is 0.481 e. The minimum absolute atomic E-state index is 0.269. The van der Waals surface area contributed by atoms with Gasteiger partial charge in [-0.3, -0.25) is 4.79 Å². The molecule has 0 spiro atoms. The topological polar surface area (TPSA) is 63.6 Å². The lowest BCUT2D eigenvalue weighted by atomic mass is 9.79. The second-order valence-corrected chi connectivity index (χ2v) is 6.60. The third-order valence-electron chi connectivity index (χ3n) is 4.20. The van der Waals surface area contributed by atoms with Crippen molar-refractivity contribution in [3.8, 4) is 0 Å². The van der Waals surface area contributed by atoms with Crippen LogP contribution in [0.4, 0.5) is 0 Å². The Hall–Kier alpha value is -0.550. The van der Waals surface area contributed by atoms with Crippen molar-refractivity contribution in [2.75, 3.05) is 11.5 Å². The lowest BCUT2D eigenvalue weighted by Crippen LogP contribution is -2.29. The van der Waals surface area contributed by atoms with Crippen LogP contribution in [-0.4, -0.2) is 41.1 Å². The number of carboxylic acids is 1. The Morgan fingerprint density at radius 3 is 2.68 bits per heavy atom. The molecule has 4 nitrogen and oxygen atoms in total. The Balaban J connectivity index is 1.64. The number of carbonyl (C=O) groups is 2. The van der Waals surface area contributed by atoms with E-state index in [2.05, 4.69) is 0 Å². The summed E-state index contributed by atoms with van der Waals surface area (Å²) in [4.78, 5) is 21.1. The van der Waals surface area contributed by atoms with Crippen molar-refractivity contribution >= 4 is 24.0 Å². The zero-order chi connectivity index (χ0) is 13.7. The zero-order valence-corrected chi connectivity index (χ0v) is 11.9. The monoisotopic (exact) mass is 286 g/mol. The molecule has 19 heavy (non-hydrogen) atoms. The Kier molecular flexibility index (Phi) is 5.70. The molecule has 0 amide bonds. The molecule has 2 heterocycles. The first-order valence-electron chi connectivity index (χ1n) is 7.11. The first kappa shape index (κ1) is 14.9. The molecule has 2 aliphatic heterocycles. The Labute approximate surface area is 118 Å². The molecule has 0 aromatic rings. The van der Waals surface area contributed by atoms with Crippen molar-refractivity contribution in [3.05, 3.63) is 0 Å². The fraction of sp³-hybridized carbons (Fsp3) is 0.857. The van der Waals surface area contributed by atoms with Gasteiger partial charge in [-0.2, -0.15) is 11.8 Å². The third-order valence-corrected chi connectivity index (χ3v) is 5.40. The van der Waals surface area contributed by atoms with Crippen LogP contribution in [0.5, 0.6) is 0 Å². The number of carboxylic acid groups (broad SMARTS) is 1. The molecule has 2 rings (SSSR count). The molecule has 5 heteroatoms. The third kappa shape index (κ3) is 3.96. The van der Waals surface area contributed by atoms with Crippen LogP contribution in [0.25, 0.3) is 0 Å². The lowest BCUT2D eigenvalue weighted by Gasteiger charge is -2.26. The van der Waals surface area contributed by atoms with Gasteiger partial charge in [0.25, 0.3) is 0 Å². The normalized spacial score (nSPS) is 32.6. The summed E-state index contributed by atoms with van der Waals surface area (Å²) in [7, 11) is 0. The summed E-state index contributed by atoms with van der Waals surface area (Å²) in [5.41, 5.74) is 0. The highest BCUT2D eigenvalue weighted by molar-refractivity contribution is 7.99. The van der Waals surface area contributed by atoms with Gasteiger partial charge in [0, 0.05) is 12.8 Å². The number of hydrogen-bond donors (Lipinski definition) is 1. The highest BCUT2D eigenvalue weighted by Crippen LogP contribution is 2.45. The molecule has 2 aliphatic rings. The van der Waals surface area contributed by atoms with E-state index in [9.17, 15) is 9.59 Å². The molecule has 2 saturated heterocycles. The fourth-order valence-corrected chi connectivity index (χ4v) is 4.55. The van der Waals surface area contributed by atoms with Gasteiger partial charge in [-0.1, -0.05) is 0 Å². The number of thioether (sulfide) groups is 1. The maximum Gasteiger partial charge on any atom is 0.303 e. The average Bonchev–Trinajstić information content (AvgIpc) is 2.95. The number of rotatable bonds is 9. The molecule has 1 N–H and O–H groups in total. The minimum atomic E-state index is -0.711. The van der Waals surface area contributed by atoms with Gasteiger partial charge >= 0.3 is 5.97 Å². The fourth-order valence-electron chi connectivity index (χ4n) is 3.24. The number of hydrogen-bond acceptors (Lipinski definition) is 4. The van der Waals surface area contributed by atoms with E-state index in [0.717, 1.165) is 43.5 Å². The minimum Gasteiger partial charge on any atom is -0.481 e. The summed E-state index contributed by atoms with van der Waals surface area (Å²) in [6.07, 6.45) is 6.57. The van der Waals surface area contributed by atoms with Crippen LogP contribution in [-0.2, 0) is 14.3 Å². The van der Waals surface area contributed by atoms with Gasteiger partial charge in [-0.05, 0) is 49.0 Å². The van der Waals surface area contributed by atoms with Gasteiger partial charge in [-0.15, -0.1) is 0 Å². The van der Waals surface area contributed by atoms with Crippen molar-refractivity contribution in [1.29, 1.82) is 0 Å². The predicted octanol–water partition coefficient (Wildman–Crippen LogP) is 2.36. The van der Waals surface area contributed by atoms with Crippen LogP contribution >= 0.6 is 11.8 Å². The molecule has 2 fully saturated rings. The van der Waals surface area contributed by atoms with Gasteiger partial charge in [-0.25, -0.2) is 0 Å². The van der Waals surface area contributed by atoms with E-state index >= 15 is 0 Å². The van der Waals surface area contributed by atoms with Gasteiger partial charge in [0.1, 0.15) is 6.29 Å². The van der Waals surface area contributed by atoms with Crippen molar-refractivity contribution in [3.63, 3.8) is 0 Å². The van der Waals surface area contributed by atoms with Crippen molar-refractivity contribution in [1.82, 2.24) is 0 Å². The Morgan fingerprint density at radius 2 is 2.00 bits per heavy atom. The maximum atomic E-state index is 10.7.